The van der Waals surface area contributed by atoms with Crippen molar-refractivity contribution < 1.29 is 19.1 Å². The van der Waals surface area contributed by atoms with Crippen molar-refractivity contribution in [1.82, 2.24) is 4.90 Å². The summed E-state index contributed by atoms with van der Waals surface area (Å²) in [6.07, 6.45) is 6.43. The number of ether oxygens (including phenoxy) is 2. The summed E-state index contributed by atoms with van der Waals surface area (Å²) in [5.74, 6) is -0.367. The molecule has 0 bridgehead atoms. The first kappa shape index (κ1) is 21.7. The molecule has 0 aliphatic carbocycles. The van der Waals surface area contributed by atoms with Crippen molar-refractivity contribution in [2.75, 3.05) is 26.3 Å². The van der Waals surface area contributed by atoms with Crippen molar-refractivity contribution in [3.05, 3.63) is 0 Å². The van der Waals surface area contributed by atoms with Crippen LogP contribution in [0.1, 0.15) is 73.1 Å². The topological polar surface area (TPSA) is 55.8 Å². The highest BCUT2D eigenvalue weighted by molar-refractivity contribution is 5.78. The standard InChI is InChI=1S/C18H35NO4/c1-6-8-9-10-11-12-13-22-16(20)14-19(7-2)17(21)23-15-18(3,4)5/h6-15H2,1-5H3. The smallest absolute Gasteiger partial charge is 0.410 e. The van der Waals surface area contributed by atoms with Gasteiger partial charge < -0.3 is 9.47 Å². The maximum Gasteiger partial charge on any atom is 0.410 e. The van der Waals surface area contributed by atoms with Crippen LogP contribution in [0, 0.1) is 5.41 Å². The lowest BCUT2D eigenvalue weighted by atomic mass is 9.99. The molecule has 0 N–H and O–H groups in total. The molecule has 0 unspecified atom stereocenters. The molecule has 0 spiro atoms. The number of rotatable bonds is 11. The van der Waals surface area contributed by atoms with Gasteiger partial charge in [-0.1, -0.05) is 59.8 Å². The van der Waals surface area contributed by atoms with E-state index in [1.807, 2.05) is 27.7 Å². The highest BCUT2D eigenvalue weighted by Gasteiger charge is 2.20. The summed E-state index contributed by atoms with van der Waals surface area (Å²) in [7, 11) is 0. The van der Waals surface area contributed by atoms with Crippen LogP contribution >= 0.6 is 0 Å². The van der Waals surface area contributed by atoms with E-state index in [1.54, 1.807) is 0 Å². The molecule has 23 heavy (non-hydrogen) atoms. The van der Waals surface area contributed by atoms with Gasteiger partial charge in [-0.2, -0.15) is 0 Å². The van der Waals surface area contributed by atoms with E-state index in [4.69, 9.17) is 9.47 Å². The van der Waals surface area contributed by atoms with E-state index in [1.165, 1.54) is 30.6 Å². The minimum absolute atomic E-state index is 0.0463. The number of likely N-dealkylation sites (N-methyl/N-ethyl adjacent to an activating group) is 1. The van der Waals surface area contributed by atoms with Crippen molar-refractivity contribution in [2.24, 2.45) is 5.41 Å². The molecule has 0 radical (unpaired) electrons. The number of amides is 1. The van der Waals surface area contributed by atoms with Gasteiger partial charge in [0.1, 0.15) is 6.54 Å². The van der Waals surface area contributed by atoms with Gasteiger partial charge in [0.25, 0.3) is 0 Å². The molecular formula is C18H35NO4. The Kier molecular flexibility index (Phi) is 11.5. The van der Waals surface area contributed by atoms with Gasteiger partial charge in [0, 0.05) is 6.54 Å². The van der Waals surface area contributed by atoms with Crippen LogP contribution in [0.25, 0.3) is 0 Å². The van der Waals surface area contributed by atoms with Crippen molar-refractivity contribution >= 4 is 12.1 Å². The minimum Gasteiger partial charge on any atom is -0.464 e. The predicted molar refractivity (Wildman–Crippen MR) is 92.4 cm³/mol. The molecule has 0 aliphatic heterocycles. The number of hydrogen-bond donors (Lipinski definition) is 0. The average Bonchev–Trinajstić information content (AvgIpc) is 2.48. The Balaban J connectivity index is 3.89. The third kappa shape index (κ3) is 12.9. The van der Waals surface area contributed by atoms with Crippen molar-refractivity contribution in [1.29, 1.82) is 0 Å². The lowest BCUT2D eigenvalue weighted by Crippen LogP contribution is -2.38. The average molecular weight is 329 g/mol. The fraction of sp³-hybridized carbons (Fsp3) is 0.889. The van der Waals surface area contributed by atoms with Gasteiger partial charge in [0.05, 0.1) is 13.2 Å². The van der Waals surface area contributed by atoms with Crippen LogP contribution in [0.2, 0.25) is 0 Å². The van der Waals surface area contributed by atoms with E-state index >= 15 is 0 Å². The molecule has 0 aromatic rings. The second-order valence-electron chi connectivity index (χ2n) is 7.12. The molecule has 0 saturated carbocycles. The molecule has 0 aromatic carbocycles. The zero-order valence-electron chi connectivity index (χ0n) is 15.7. The van der Waals surface area contributed by atoms with Crippen LogP contribution < -0.4 is 0 Å². The molecule has 5 nitrogen and oxygen atoms in total. The first-order valence-electron chi connectivity index (χ1n) is 8.87. The summed E-state index contributed by atoms with van der Waals surface area (Å²) in [5.41, 5.74) is -0.0899. The van der Waals surface area contributed by atoms with Crippen LogP contribution in [0.3, 0.4) is 0 Å². The highest BCUT2D eigenvalue weighted by atomic mass is 16.6. The summed E-state index contributed by atoms with van der Waals surface area (Å²) in [6.45, 7) is 11.1. The lowest BCUT2D eigenvalue weighted by molar-refractivity contribution is -0.144. The van der Waals surface area contributed by atoms with E-state index in [0.717, 1.165) is 12.8 Å². The number of carbonyl (C=O) groups excluding carboxylic acids is 2. The predicted octanol–water partition coefficient (Wildman–Crippen LogP) is 4.39. The quantitative estimate of drug-likeness (QED) is 0.416. The number of unbranched alkanes of at least 4 members (excludes halogenated alkanes) is 5. The monoisotopic (exact) mass is 329 g/mol. The van der Waals surface area contributed by atoms with Gasteiger partial charge in [0.15, 0.2) is 0 Å². The van der Waals surface area contributed by atoms with Gasteiger partial charge >= 0.3 is 12.1 Å². The third-order valence-corrected chi connectivity index (χ3v) is 3.35. The molecule has 136 valence electrons. The first-order valence-corrected chi connectivity index (χ1v) is 8.87. The van der Waals surface area contributed by atoms with Gasteiger partial charge in [0.2, 0.25) is 0 Å². The number of carbonyl (C=O) groups is 2. The van der Waals surface area contributed by atoms with E-state index in [-0.39, 0.29) is 17.9 Å². The van der Waals surface area contributed by atoms with E-state index in [2.05, 4.69) is 6.92 Å². The molecule has 0 atom stereocenters. The van der Waals surface area contributed by atoms with E-state index < -0.39 is 6.09 Å². The summed E-state index contributed by atoms with van der Waals surface area (Å²) < 4.78 is 10.4. The van der Waals surface area contributed by atoms with Gasteiger partial charge in [-0.05, 0) is 18.8 Å². The Morgan fingerprint density at radius 1 is 0.913 bits per heavy atom. The SMILES string of the molecule is CCCCCCCCOC(=O)CN(CC)C(=O)OCC(C)(C)C. The Morgan fingerprint density at radius 3 is 2.09 bits per heavy atom. The van der Waals surface area contributed by atoms with Crippen LogP contribution in [0.5, 0.6) is 0 Å². The molecular weight excluding hydrogens is 294 g/mol. The maximum atomic E-state index is 11.9. The Morgan fingerprint density at radius 2 is 1.52 bits per heavy atom. The fourth-order valence-corrected chi connectivity index (χ4v) is 1.94. The van der Waals surface area contributed by atoms with Gasteiger partial charge in [-0.3, -0.25) is 9.69 Å². The molecule has 0 heterocycles. The Labute approximate surface area is 141 Å². The number of nitrogens with zero attached hydrogens (tertiary/aromatic N) is 1. The molecule has 5 heteroatoms. The van der Waals surface area contributed by atoms with Crippen LogP contribution in [0.15, 0.2) is 0 Å². The third-order valence-electron chi connectivity index (χ3n) is 3.35. The zero-order chi connectivity index (χ0) is 17.7. The lowest BCUT2D eigenvalue weighted by Gasteiger charge is -2.23. The second kappa shape index (κ2) is 12.2. The van der Waals surface area contributed by atoms with Crippen molar-refractivity contribution in [3.8, 4) is 0 Å². The number of hydrogen-bond acceptors (Lipinski definition) is 4. The maximum absolute atomic E-state index is 11.9. The molecule has 0 saturated heterocycles. The summed E-state index contributed by atoms with van der Waals surface area (Å²) in [6, 6.07) is 0. The normalized spacial score (nSPS) is 11.2. The Bertz CT molecular complexity index is 336. The van der Waals surface area contributed by atoms with Crippen LogP contribution in [-0.4, -0.2) is 43.3 Å². The molecule has 0 aromatic heterocycles. The zero-order valence-corrected chi connectivity index (χ0v) is 15.7. The largest absolute Gasteiger partial charge is 0.464 e. The summed E-state index contributed by atoms with van der Waals surface area (Å²) in [5, 5.41) is 0. The minimum atomic E-state index is -0.459. The number of esters is 1. The molecule has 1 amide bonds. The fourth-order valence-electron chi connectivity index (χ4n) is 1.94. The molecule has 0 aliphatic rings. The van der Waals surface area contributed by atoms with Gasteiger partial charge in [-0.15, -0.1) is 0 Å². The van der Waals surface area contributed by atoms with Crippen LogP contribution in [0.4, 0.5) is 4.79 Å². The van der Waals surface area contributed by atoms with Crippen molar-refractivity contribution in [2.45, 2.75) is 73.1 Å². The molecule has 0 fully saturated rings. The van der Waals surface area contributed by atoms with Gasteiger partial charge in [-0.25, -0.2) is 4.79 Å². The second-order valence-corrected chi connectivity index (χ2v) is 7.12. The molecule has 0 rings (SSSR count). The van der Waals surface area contributed by atoms with Crippen molar-refractivity contribution in [3.63, 3.8) is 0 Å². The summed E-state index contributed by atoms with van der Waals surface area (Å²) in [4.78, 5) is 25.1. The Hall–Kier alpha value is -1.26. The van der Waals surface area contributed by atoms with E-state index in [9.17, 15) is 9.59 Å². The van der Waals surface area contributed by atoms with Crippen LogP contribution in [-0.2, 0) is 14.3 Å². The first-order chi connectivity index (χ1) is 10.8. The highest BCUT2D eigenvalue weighted by Crippen LogP contribution is 2.13. The van der Waals surface area contributed by atoms with E-state index in [0.29, 0.717) is 19.8 Å². The summed E-state index contributed by atoms with van der Waals surface area (Å²) >= 11 is 0.